The van der Waals surface area contributed by atoms with Crippen molar-refractivity contribution in [3.63, 3.8) is 0 Å². The van der Waals surface area contributed by atoms with Crippen molar-refractivity contribution >= 4 is 11.8 Å². The summed E-state index contributed by atoms with van der Waals surface area (Å²) in [6.07, 6.45) is 1.93. The fraction of sp³-hybridized carbons (Fsp3) is 0.429. The summed E-state index contributed by atoms with van der Waals surface area (Å²) in [6.45, 7) is 0.361. The van der Waals surface area contributed by atoms with E-state index in [1.165, 1.54) is 0 Å². The number of nitrogens with one attached hydrogen (secondary N) is 2. The molecule has 5 heteroatoms. The zero-order chi connectivity index (χ0) is 13.7. The van der Waals surface area contributed by atoms with Gasteiger partial charge in [-0.15, -0.1) is 0 Å². The number of methoxy groups -OCH3 is 1. The van der Waals surface area contributed by atoms with Crippen LogP contribution in [0.5, 0.6) is 5.75 Å². The molecule has 1 saturated carbocycles. The maximum absolute atomic E-state index is 11.6. The molecule has 0 unspecified atom stereocenters. The highest BCUT2D eigenvalue weighted by molar-refractivity contribution is 5.97. The quantitative estimate of drug-likeness (QED) is 0.751. The fourth-order valence-corrected chi connectivity index (χ4v) is 1.76. The maximum atomic E-state index is 11.6. The van der Waals surface area contributed by atoms with E-state index in [0.717, 1.165) is 24.2 Å². The van der Waals surface area contributed by atoms with Gasteiger partial charge in [-0.25, -0.2) is 0 Å². The second-order valence-corrected chi connectivity index (χ2v) is 4.61. The number of carbonyl (C=O) groups excluding carboxylic acids is 2. The third-order valence-corrected chi connectivity index (χ3v) is 2.93. The van der Waals surface area contributed by atoms with Gasteiger partial charge in [0.05, 0.1) is 7.11 Å². The van der Waals surface area contributed by atoms with Crippen molar-refractivity contribution in [2.45, 2.75) is 31.8 Å². The fourth-order valence-electron chi connectivity index (χ4n) is 1.76. The molecule has 0 aromatic heterocycles. The number of hydrogen-bond donors (Lipinski definition) is 2. The summed E-state index contributed by atoms with van der Waals surface area (Å²) in [4.78, 5) is 23.1. The molecule has 0 heterocycles. The molecule has 1 aliphatic rings. The van der Waals surface area contributed by atoms with Gasteiger partial charge in [0.15, 0.2) is 0 Å². The van der Waals surface area contributed by atoms with E-state index in [1.807, 2.05) is 24.3 Å². The Morgan fingerprint density at radius 2 is 2.00 bits per heavy atom. The predicted octanol–water partition coefficient (Wildman–Crippen LogP) is 0.980. The molecule has 0 atom stereocenters. The zero-order valence-corrected chi connectivity index (χ0v) is 10.9. The van der Waals surface area contributed by atoms with Gasteiger partial charge in [-0.05, 0) is 18.9 Å². The van der Waals surface area contributed by atoms with Crippen LogP contribution in [-0.4, -0.2) is 25.0 Å². The van der Waals surface area contributed by atoms with Crippen molar-refractivity contribution < 1.29 is 14.3 Å². The minimum absolute atomic E-state index is 0.119. The number of carbonyl (C=O) groups is 2. The van der Waals surface area contributed by atoms with Gasteiger partial charge < -0.3 is 15.4 Å². The van der Waals surface area contributed by atoms with Crippen LogP contribution in [0, 0.1) is 0 Å². The lowest BCUT2D eigenvalue weighted by Gasteiger charge is -2.09. The Kier molecular flexibility index (Phi) is 4.39. The second kappa shape index (κ2) is 6.22. The lowest BCUT2D eigenvalue weighted by molar-refractivity contribution is -0.129. The minimum atomic E-state index is -0.274. The number of benzene rings is 1. The average molecular weight is 262 g/mol. The molecule has 1 aromatic rings. The monoisotopic (exact) mass is 262 g/mol. The van der Waals surface area contributed by atoms with Crippen LogP contribution in [0.15, 0.2) is 24.3 Å². The molecule has 5 nitrogen and oxygen atoms in total. The van der Waals surface area contributed by atoms with Crippen LogP contribution < -0.4 is 15.4 Å². The summed E-state index contributed by atoms with van der Waals surface area (Å²) in [5.74, 6) is 0.245. The smallest absolute Gasteiger partial charge is 0.229 e. The van der Waals surface area contributed by atoms with Gasteiger partial charge in [-0.3, -0.25) is 9.59 Å². The van der Waals surface area contributed by atoms with E-state index in [4.69, 9.17) is 4.74 Å². The predicted molar refractivity (Wildman–Crippen MR) is 70.6 cm³/mol. The molecule has 0 radical (unpaired) electrons. The van der Waals surface area contributed by atoms with Gasteiger partial charge in [0.25, 0.3) is 0 Å². The molecular formula is C14H18N2O3. The third-order valence-electron chi connectivity index (χ3n) is 2.93. The number of hydrogen-bond acceptors (Lipinski definition) is 3. The molecule has 0 spiro atoms. The normalized spacial score (nSPS) is 13.7. The highest BCUT2D eigenvalue weighted by Crippen LogP contribution is 2.18. The Labute approximate surface area is 112 Å². The second-order valence-electron chi connectivity index (χ2n) is 4.61. The number of rotatable bonds is 6. The van der Waals surface area contributed by atoms with Crippen LogP contribution in [0.2, 0.25) is 0 Å². The summed E-state index contributed by atoms with van der Waals surface area (Å²) in [7, 11) is 1.59. The van der Waals surface area contributed by atoms with Gasteiger partial charge >= 0.3 is 0 Å². The Hall–Kier alpha value is -2.04. The van der Waals surface area contributed by atoms with E-state index in [9.17, 15) is 9.59 Å². The van der Waals surface area contributed by atoms with Crippen LogP contribution in [0.25, 0.3) is 0 Å². The topological polar surface area (TPSA) is 67.4 Å². The molecule has 2 N–H and O–H groups in total. The van der Waals surface area contributed by atoms with Crippen LogP contribution >= 0.6 is 0 Å². The average Bonchev–Trinajstić information content (AvgIpc) is 3.20. The largest absolute Gasteiger partial charge is 0.496 e. The molecular weight excluding hydrogens is 244 g/mol. The number of amides is 2. The lowest BCUT2D eigenvalue weighted by atomic mass is 10.2. The van der Waals surface area contributed by atoms with E-state index in [-0.39, 0.29) is 24.3 Å². The third kappa shape index (κ3) is 4.28. The van der Waals surface area contributed by atoms with E-state index in [0.29, 0.717) is 6.54 Å². The van der Waals surface area contributed by atoms with Crippen molar-refractivity contribution in [3.05, 3.63) is 29.8 Å². The molecule has 19 heavy (non-hydrogen) atoms. The first kappa shape index (κ1) is 13.4. The Morgan fingerprint density at radius 3 is 2.68 bits per heavy atom. The van der Waals surface area contributed by atoms with Crippen molar-refractivity contribution in [2.24, 2.45) is 0 Å². The Balaban J connectivity index is 1.77. The summed E-state index contributed by atoms with van der Waals surface area (Å²) >= 11 is 0. The standard InChI is InChI=1S/C14H18N2O3/c1-19-12-5-3-2-4-10(12)9-15-13(17)8-14(18)16-11-6-7-11/h2-5,11H,6-9H2,1H3,(H,15,17)(H,16,18). The van der Waals surface area contributed by atoms with E-state index >= 15 is 0 Å². The molecule has 102 valence electrons. The number of ether oxygens (including phenoxy) is 1. The minimum Gasteiger partial charge on any atom is -0.496 e. The van der Waals surface area contributed by atoms with Crippen LogP contribution in [0.1, 0.15) is 24.8 Å². The van der Waals surface area contributed by atoms with Crippen molar-refractivity contribution in [1.29, 1.82) is 0 Å². The molecule has 0 bridgehead atoms. The van der Waals surface area contributed by atoms with Crippen molar-refractivity contribution in [1.82, 2.24) is 10.6 Å². The summed E-state index contributed by atoms with van der Waals surface area (Å²) in [6, 6.07) is 7.75. The SMILES string of the molecule is COc1ccccc1CNC(=O)CC(=O)NC1CC1. The molecule has 0 saturated heterocycles. The molecule has 1 fully saturated rings. The Morgan fingerprint density at radius 1 is 1.26 bits per heavy atom. The van der Waals surface area contributed by atoms with Crippen LogP contribution in [0.3, 0.4) is 0 Å². The van der Waals surface area contributed by atoms with Gasteiger partial charge in [0.2, 0.25) is 11.8 Å². The number of para-hydroxylation sites is 1. The van der Waals surface area contributed by atoms with Crippen molar-refractivity contribution in [2.75, 3.05) is 7.11 Å². The first-order valence-corrected chi connectivity index (χ1v) is 6.37. The van der Waals surface area contributed by atoms with Crippen LogP contribution in [0.4, 0.5) is 0 Å². The summed E-state index contributed by atoms with van der Waals surface area (Å²) in [5.41, 5.74) is 0.890. The van der Waals surface area contributed by atoms with Gasteiger partial charge in [0.1, 0.15) is 12.2 Å². The van der Waals surface area contributed by atoms with Crippen LogP contribution in [-0.2, 0) is 16.1 Å². The van der Waals surface area contributed by atoms with E-state index < -0.39 is 0 Å². The van der Waals surface area contributed by atoms with Gasteiger partial charge in [-0.2, -0.15) is 0 Å². The zero-order valence-electron chi connectivity index (χ0n) is 10.9. The first-order chi connectivity index (χ1) is 9.19. The molecule has 0 aliphatic heterocycles. The Bertz CT molecular complexity index is 470. The maximum Gasteiger partial charge on any atom is 0.229 e. The van der Waals surface area contributed by atoms with E-state index in [1.54, 1.807) is 7.11 Å². The van der Waals surface area contributed by atoms with Crippen molar-refractivity contribution in [3.8, 4) is 5.75 Å². The van der Waals surface area contributed by atoms with E-state index in [2.05, 4.69) is 10.6 Å². The lowest BCUT2D eigenvalue weighted by Crippen LogP contribution is -2.32. The summed E-state index contributed by atoms with van der Waals surface area (Å²) in [5, 5.41) is 5.50. The highest BCUT2D eigenvalue weighted by Gasteiger charge is 2.23. The summed E-state index contributed by atoms with van der Waals surface area (Å²) < 4.78 is 5.19. The molecule has 2 rings (SSSR count). The molecule has 1 aromatic carbocycles. The molecule has 1 aliphatic carbocycles. The van der Waals surface area contributed by atoms with Gasteiger partial charge in [0, 0.05) is 18.2 Å². The first-order valence-electron chi connectivity index (χ1n) is 6.37. The molecule has 2 amide bonds. The van der Waals surface area contributed by atoms with Gasteiger partial charge in [-0.1, -0.05) is 18.2 Å². The highest BCUT2D eigenvalue weighted by atomic mass is 16.5.